The Kier molecular flexibility index (Phi) is 9.33. The van der Waals surface area contributed by atoms with Crippen molar-refractivity contribution < 1.29 is 0 Å². The first-order valence-corrected chi connectivity index (χ1v) is 9.94. The fraction of sp³-hybridized carbons (Fsp3) is 0.833. The third-order valence-corrected chi connectivity index (χ3v) is 4.60. The zero-order valence-corrected chi connectivity index (χ0v) is 16.0. The fourth-order valence-electron chi connectivity index (χ4n) is 3.22. The first kappa shape index (κ1) is 19.7. The quantitative estimate of drug-likeness (QED) is 0.403. The Morgan fingerprint density at radius 3 is 2.64 bits per heavy atom. The number of guanidine groups is 1. The molecule has 7 heteroatoms. The highest BCUT2D eigenvalue weighted by Gasteiger charge is 2.08. The number of aliphatic imine (C=N–C) groups is 1. The number of likely N-dealkylation sites (tertiary alicyclic amines) is 1. The van der Waals surface area contributed by atoms with Crippen LogP contribution in [0.3, 0.4) is 0 Å². The van der Waals surface area contributed by atoms with Gasteiger partial charge in [-0.15, -0.1) is 10.2 Å². The van der Waals surface area contributed by atoms with Crippen molar-refractivity contribution in [1.29, 1.82) is 0 Å². The largest absolute Gasteiger partial charge is 0.357 e. The van der Waals surface area contributed by atoms with Crippen LogP contribution in [0.4, 0.5) is 0 Å². The molecule has 2 heterocycles. The average molecular weight is 350 g/mol. The van der Waals surface area contributed by atoms with Crippen LogP contribution in [-0.4, -0.2) is 64.9 Å². The van der Waals surface area contributed by atoms with Crippen LogP contribution in [0, 0.1) is 0 Å². The van der Waals surface area contributed by atoms with Gasteiger partial charge in [0.25, 0.3) is 0 Å². The maximum atomic E-state index is 4.71. The summed E-state index contributed by atoms with van der Waals surface area (Å²) in [5, 5.41) is 14.8. The molecule has 142 valence electrons. The van der Waals surface area contributed by atoms with E-state index < -0.39 is 0 Å². The van der Waals surface area contributed by atoms with Crippen molar-refractivity contribution in [3.63, 3.8) is 0 Å². The van der Waals surface area contributed by atoms with E-state index in [0.29, 0.717) is 0 Å². The molecule has 0 aromatic carbocycles. The maximum absolute atomic E-state index is 4.71. The van der Waals surface area contributed by atoms with E-state index in [2.05, 4.69) is 44.1 Å². The molecule has 0 bridgehead atoms. The summed E-state index contributed by atoms with van der Waals surface area (Å²) in [6.07, 6.45) is 9.34. The predicted octanol–water partition coefficient (Wildman–Crippen LogP) is 1.66. The third-order valence-electron chi connectivity index (χ3n) is 4.60. The van der Waals surface area contributed by atoms with Gasteiger partial charge in [-0.2, -0.15) is 0 Å². The summed E-state index contributed by atoms with van der Waals surface area (Å²) < 4.78 is 2.09. The molecule has 25 heavy (non-hydrogen) atoms. The van der Waals surface area contributed by atoms with Gasteiger partial charge in [-0.1, -0.05) is 19.8 Å². The van der Waals surface area contributed by atoms with E-state index in [9.17, 15) is 0 Å². The van der Waals surface area contributed by atoms with Crippen LogP contribution < -0.4 is 10.6 Å². The lowest BCUT2D eigenvalue weighted by Gasteiger charge is -2.19. The van der Waals surface area contributed by atoms with Gasteiger partial charge in [0.2, 0.25) is 0 Å². The van der Waals surface area contributed by atoms with E-state index >= 15 is 0 Å². The van der Waals surface area contributed by atoms with Crippen molar-refractivity contribution in [2.45, 2.75) is 58.9 Å². The van der Waals surface area contributed by atoms with Crippen LogP contribution in [0.5, 0.6) is 0 Å². The summed E-state index contributed by atoms with van der Waals surface area (Å²) >= 11 is 0. The monoisotopic (exact) mass is 349 g/mol. The molecule has 2 N–H and O–H groups in total. The number of aromatic nitrogens is 3. The molecule has 0 atom stereocenters. The molecule has 1 saturated heterocycles. The Morgan fingerprint density at radius 1 is 1.12 bits per heavy atom. The number of aryl methyl sites for hydroxylation is 1. The topological polar surface area (TPSA) is 70.4 Å². The lowest BCUT2D eigenvalue weighted by Crippen LogP contribution is -2.39. The van der Waals surface area contributed by atoms with E-state index in [-0.39, 0.29) is 0 Å². The summed E-state index contributed by atoms with van der Waals surface area (Å²) in [6.45, 7) is 11.3. The molecule has 0 saturated carbocycles. The van der Waals surface area contributed by atoms with Gasteiger partial charge in [0.1, 0.15) is 12.2 Å². The van der Waals surface area contributed by atoms with Gasteiger partial charge in [0.15, 0.2) is 5.96 Å². The second-order valence-electron chi connectivity index (χ2n) is 6.59. The minimum Gasteiger partial charge on any atom is -0.357 e. The molecule has 0 aliphatic carbocycles. The van der Waals surface area contributed by atoms with Gasteiger partial charge >= 0.3 is 0 Å². The van der Waals surface area contributed by atoms with Gasteiger partial charge in [0, 0.05) is 32.6 Å². The smallest absolute Gasteiger partial charge is 0.191 e. The minimum absolute atomic E-state index is 0.822. The molecular formula is C18H35N7. The zero-order valence-electron chi connectivity index (χ0n) is 16.0. The molecule has 0 spiro atoms. The Labute approximate surface area is 152 Å². The van der Waals surface area contributed by atoms with Gasteiger partial charge in [0.05, 0.1) is 0 Å². The molecule has 0 amide bonds. The lowest BCUT2D eigenvalue weighted by molar-refractivity contribution is 0.283. The Hall–Kier alpha value is -1.63. The van der Waals surface area contributed by atoms with Crippen molar-refractivity contribution in [3.05, 3.63) is 12.2 Å². The number of hydrogen-bond donors (Lipinski definition) is 2. The van der Waals surface area contributed by atoms with Gasteiger partial charge in [-0.05, 0) is 45.8 Å². The summed E-state index contributed by atoms with van der Waals surface area (Å²) in [5.41, 5.74) is 0. The second-order valence-corrected chi connectivity index (χ2v) is 6.59. The number of nitrogens with zero attached hydrogens (tertiary/aromatic N) is 5. The third kappa shape index (κ3) is 7.42. The van der Waals surface area contributed by atoms with Gasteiger partial charge < -0.3 is 20.1 Å². The molecule has 0 radical (unpaired) electrons. The highest BCUT2D eigenvalue weighted by Crippen LogP contribution is 2.09. The number of rotatable bonds is 9. The Bertz CT molecular complexity index is 489. The molecule has 7 nitrogen and oxygen atoms in total. The van der Waals surface area contributed by atoms with Crippen LogP contribution >= 0.6 is 0 Å². The van der Waals surface area contributed by atoms with Crippen LogP contribution in [0.15, 0.2) is 11.3 Å². The summed E-state index contributed by atoms with van der Waals surface area (Å²) in [4.78, 5) is 7.31. The second kappa shape index (κ2) is 11.8. The van der Waals surface area contributed by atoms with Crippen molar-refractivity contribution >= 4 is 5.96 Å². The molecule has 1 fully saturated rings. The summed E-state index contributed by atoms with van der Waals surface area (Å²) in [5.74, 6) is 1.94. The molecular weight excluding hydrogens is 314 g/mol. The molecule has 1 aliphatic heterocycles. The highest BCUT2D eigenvalue weighted by atomic mass is 15.3. The van der Waals surface area contributed by atoms with E-state index in [1.165, 1.54) is 45.3 Å². The first-order chi connectivity index (χ1) is 12.3. The van der Waals surface area contributed by atoms with E-state index in [1.54, 1.807) is 6.33 Å². The first-order valence-electron chi connectivity index (χ1n) is 9.94. The predicted molar refractivity (Wildman–Crippen MR) is 103 cm³/mol. The van der Waals surface area contributed by atoms with E-state index in [0.717, 1.165) is 50.8 Å². The molecule has 1 aliphatic rings. The molecule has 1 aromatic rings. The standard InChI is InChI=1S/C18H35N7/c1-3-17-23-22-16-25(17)15-11-21-18(19-4-2)20-10-9-14-24-12-7-5-6-8-13-24/h16H,3-15H2,1-2H3,(H2,19,20,21). The van der Waals surface area contributed by atoms with Gasteiger partial charge in [-0.25, -0.2) is 0 Å². The van der Waals surface area contributed by atoms with Gasteiger partial charge in [-0.3, -0.25) is 4.99 Å². The Morgan fingerprint density at radius 2 is 1.92 bits per heavy atom. The Balaban J connectivity index is 1.68. The van der Waals surface area contributed by atoms with Crippen LogP contribution in [0.2, 0.25) is 0 Å². The van der Waals surface area contributed by atoms with Crippen LogP contribution in [-0.2, 0) is 13.0 Å². The highest BCUT2D eigenvalue weighted by molar-refractivity contribution is 5.79. The van der Waals surface area contributed by atoms with Crippen molar-refractivity contribution in [3.8, 4) is 0 Å². The van der Waals surface area contributed by atoms with Crippen molar-refractivity contribution in [2.75, 3.05) is 39.3 Å². The average Bonchev–Trinajstić information content (AvgIpc) is 2.92. The zero-order chi connectivity index (χ0) is 17.7. The molecule has 0 unspecified atom stereocenters. The van der Waals surface area contributed by atoms with Crippen molar-refractivity contribution in [1.82, 2.24) is 30.3 Å². The number of nitrogens with one attached hydrogen (secondary N) is 2. The van der Waals surface area contributed by atoms with Crippen molar-refractivity contribution in [2.24, 2.45) is 4.99 Å². The normalized spacial score (nSPS) is 16.6. The van der Waals surface area contributed by atoms with E-state index in [4.69, 9.17) is 4.99 Å². The molecule has 2 rings (SSSR count). The summed E-state index contributed by atoms with van der Waals surface area (Å²) in [7, 11) is 0. The van der Waals surface area contributed by atoms with Crippen LogP contribution in [0.25, 0.3) is 0 Å². The minimum atomic E-state index is 0.822. The SMILES string of the molecule is CCNC(=NCCCN1CCCCCC1)NCCn1cnnc1CC. The maximum Gasteiger partial charge on any atom is 0.191 e. The summed E-state index contributed by atoms with van der Waals surface area (Å²) in [6, 6.07) is 0. The van der Waals surface area contributed by atoms with E-state index in [1.807, 2.05) is 0 Å². The molecule has 1 aromatic heterocycles. The number of hydrogen-bond acceptors (Lipinski definition) is 4. The van der Waals surface area contributed by atoms with Crippen LogP contribution in [0.1, 0.15) is 51.8 Å². The fourth-order valence-corrected chi connectivity index (χ4v) is 3.22. The lowest BCUT2D eigenvalue weighted by atomic mass is 10.2.